The third-order valence-electron chi connectivity index (χ3n) is 13.2. The standard InChI is InChI=1S/C35H41N3O13.C23H33N3O13.C8H20N2O2.C6H4O5.C2H6.CH3F.2F2/c39-29(37-15-16-38-31(41)22-26(35(46)47)24-33(43)51-28-11-5-2-6-12-28)13-7-17-48-19-20-49-18-8-14-36-30(40)21-25(34(44)45)23-32(42)50-27-9-3-1-4-10-27;27-17(25-5-6-26-19(29)12-16(23(36)37)14-21(32)33)3-1-7-38-9-10-39-8-2-4-24-18(28)11-15(22(34)35)13-20(30)31;9-3-1-5-11-7-8-12-6-2-4-10;7-4(8)1-3-2-5(9)11-6(3)10;4*1-2/h1-6,9-12,21-22H,7-8,13-20,23-24H2,(H,36,40)(H,37,39)(H,38,41)(H,44,45)(H,46,47);11-12H,1-10,13-14H2,(H,24,28)(H,25,27)(H,26,29)(H,30,31)(H,32,33)(H,34,35)(H,36,37);1-10H2;2H,1H2,(H,7,8);1-2H3;1H3;;/b25-21-,26-22-;15-11-,16-12-;;;;;;. The summed E-state index contributed by atoms with van der Waals surface area (Å²) in [5.41, 5.74) is 8.50. The second kappa shape index (κ2) is 81.4. The largest absolute Gasteiger partial charge is 0.481 e. The number of hydrogen-bond acceptors (Lipinski definition) is 28. The second-order valence-electron chi connectivity index (χ2n) is 22.7. The Morgan fingerprint density at radius 1 is 0.372 bits per heavy atom. The second-order valence-corrected chi connectivity index (χ2v) is 22.7. The van der Waals surface area contributed by atoms with Crippen LogP contribution in [-0.4, -0.2) is 276 Å². The minimum atomic E-state index is -1.51. The van der Waals surface area contributed by atoms with Gasteiger partial charge in [-0.2, -0.15) is 0 Å². The Hall–Kier alpha value is -12.3. The zero-order valence-corrected chi connectivity index (χ0v) is 66.8. The van der Waals surface area contributed by atoms with E-state index in [2.05, 4.69) is 36.6 Å². The molecule has 17 N–H and O–H groups in total. The lowest BCUT2D eigenvalue weighted by atomic mass is 10.1. The van der Waals surface area contributed by atoms with Crippen molar-refractivity contribution in [3.63, 3.8) is 0 Å². The molecule has 0 aromatic heterocycles. The molecule has 0 unspecified atom stereocenters. The van der Waals surface area contributed by atoms with Crippen LogP contribution in [0.3, 0.4) is 0 Å². The predicted molar refractivity (Wildman–Crippen MR) is 413 cm³/mol. The molecule has 0 radical (unpaired) electrons. The van der Waals surface area contributed by atoms with Crippen molar-refractivity contribution in [3.05, 3.63) is 119 Å². The Bertz CT molecular complexity index is 3570. The van der Waals surface area contributed by atoms with Crippen molar-refractivity contribution in [2.24, 2.45) is 11.5 Å². The fourth-order valence-corrected chi connectivity index (χ4v) is 7.94. The van der Waals surface area contributed by atoms with Crippen LogP contribution in [0.2, 0.25) is 0 Å². The highest BCUT2D eigenvalue weighted by atomic mass is 20.0. The SMILES string of the molecule is CC.CF.FF.FF.NCCCOCCOCCCN.O=C(/C=C(/CC(=O)Oc1ccccc1)C(=O)O)NCCCOCCOCCCC(=O)NCCNC(=O)/C=C(/CC(=O)Oc1ccccc1)C(=O)O.O=C(O)C/C(=C/C(=O)NCCCOCCOCCCC(=O)NCCNC(=O)/C=C(/CC(=O)O)C(=O)O)C(=O)O.O=C(O)CC1=CC(=O)OC1=O. The molecule has 0 bridgehead atoms. The molecule has 1 aliphatic rings. The minimum absolute atomic E-state index is 0.0172. The molecule has 1 aliphatic heterocycles. The number of nitrogens with two attached hydrogens (primary N) is 2. The van der Waals surface area contributed by atoms with Crippen LogP contribution in [0.4, 0.5) is 22.7 Å². The van der Waals surface area contributed by atoms with E-state index in [1.54, 1.807) is 48.5 Å². The predicted octanol–water partition coefficient (Wildman–Crippen LogP) is 2.54. The van der Waals surface area contributed by atoms with E-state index in [-0.39, 0.29) is 107 Å². The van der Waals surface area contributed by atoms with E-state index >= 15 is 0 Å². The zero-order valence-electron chi connectivity index (χ0n) is 66.8. The molecule has 0 saturated carbocycles. The Kier molecular flexibility index (Phi) is 78.9. The lowest BCUT2D eigenvalue weighted by molar-refractivity contribution is -0.152. The maximum absolute atomic E-state index is 12.1. The first-order valence-electron chi connectivity index (χ1n) is 36.5. The molecule has 121 heavy (non-hydrogen) atoms. The van der Waals surface area contributed by atoms with Crippen LogP contribution in [0.25, 0.3) is 0 Å². The molecule has 2 aromatic rings. The molecular weight excluding hydrogens is 1640 g/mol. The highest BCUT2D eigenvalue weighted by molar-refractivity contribution is 6.10. The van der Waals surface area contributed by atoms with E-state index in [4.69, 9.17) is 93.2 Å². The van der Waals surface area contributed by atoms with E-state index in [9.17, 15) is 96.1 Å². The van der Waals surface area contributed by atoms with Gasteiger partial charge in [0, 0.05) is 140 Å². The highest BCUT2D eigenvalue weighted by Crippen LogP contribution is 2.15. The number of rotatable bonds is 57. The number of hydrogen-bond donors (Lipinski definition) is 15. The van der Waals surface area contributed by atoms with Gasteiger partial charge in [0.25, 0.3) is 0 Å². The Labute approximate surface area is 691 Å². The van der Waals surface area contributed by atoms with Crippen molar-refractivity contribution in [1.29, 1.82) is 0 Å². The van der Waals surface area contributed by atoms with Crippen molar-refractivity contribution in [2.45, 2.75) is 97.3 Å². The summed E-state index contributed by atoms with van der Waals surface area (Å²) in [7, 11) is 0.500. The molecule has 2 aromatic carbocycles. The summed E-state index contributed by atoms with van der Waals surface area (Å²) >= 11 is 0. The van der Waals surface area contributed by atoms with Crippen LogP contribution >= 0.6 is 0 Å². The summed E-state index contributed by atoms with van der Waals surface area (Å²) < 4.78 is 87.6. The first-order valence-corrected chi connectivity index (χ1v) is 36.5. The van der Waals surface area contributed by atoms with Gasteiger partial charge >= 0.3 is 65.7 Å². The van der Waals surface area contributed by atoms with Gasteiger partial charge in [0.15, 0.2) is 0 Å². The fourth-order valence-electron chi connectivity index (χ4n) is 7.94. The van der Waals surface area contributed by atoms with Crippen molar-refractivity contribution >= 4 is 101 Å². The number of halogens is 5. The maximum atomic E-state index is 12.1. The highest BCUT2D eigenvalue weighted by Gasteiger charge is 2.25. The molecule has 0 fully saturated rings. The van der Waals surface area contributed by atoms with E-state index in [0.717, 1.165) is 50.4 Å². The number of amides is 6. The first kappa shape index (κ1) is 117. The van der Waals surface area contributed by atoms with Crippen LogP contribution in [0.15, 0.2) is 119 Å². The van der Waals surface area contributed by atoms with Crippen LogP contribution in [0.5, 0.6) is 11.5 Å². The van der Waals surface area contributed by atoms with Gasteiger partial charge < -0.3 is 122 Å². The maximum Gasteiger partial charge on any atom is 0.342 e. The number of carboxylic acid groups (broad SMARTS) is 7. The van der Waals surface area contributed by atoms with Crippen molar-refractivity contribution in [2.75, 3.05) is 139 Å². The molecule has 0 saturated heterocycles. The first-order chi connectivity index (χ1) is 58.0. The van der Waals surface area contributed by atoms with Gasteiger partial charge in [-0.25, -0.2) is 28.8 Å². The third kappa shape index (κ3) is 74.9. The quantitative estimate of drug-likeness (QED) is 0.0113. The smallest absolute Gasteiger partial charge is 0.342 e. The normalized spacial score (nSPS) is 11.1. The van der Waals surface area contributed by atoms with Crippen LogP contribution < -0.4 is 52.8 Å². The number of carbonyl (C=O) groups excluding carboxylic acids is 10. The number of aliphatic carboxylic acids is 7. The minimum Gasteiger partial charge on any atom is -0.481 e. The summed E-state index contributed by atoms with van der Waals surface area (Å²) in [6.45, 7) is 11.1. The summed E-state index contributed by atoms with van der Waals surface area (Å²) in [5, 5.41) is 76.7. The molecule has 1 heterocycles. The van der Waals surface area contributed by atoms with Gasteiger partial charge in [-0.3, -0.25) is 57.1 Å². The number of carbonyl (C=O) groups is 17. The number of cyclic esters (lactones) is 2. The third-order valence-corrected chi connectivity index (χ3v) is 13.2. The molecule has 0 spiro atoms. The van der Waals surface area contributed by atoms with Gasteiger partial charge in [-0.15, -0.1) is 0 Å². The Balaban J connectivity index is -0.000000557. The Morgan fingerprint density at radius 3 is 0.909 bits per heavy atom. The number of esters is 4. The van der Waals surface area contributed by atoms with E-state index < -0.39 is 144 Å². The molecule has 680 valence electrons. The Morgan fingerprint density at radius 2 is 0.645 bits per heavy atom. The van der Waals surface area contributed by atoms with Crippen LogP contribution in [-0.2, 0) is 115 Å². The summed E-state index contributed by atoms with van der Waals surface area (Å²) in [6, 6.07) is 16.2. The molecule has 41 nitrogen and oxygen atoms in total. The fraction of sp³-hybridized carbons (Fsp3) is 0.480. The molecule has 3 rings (SSSR count). The molecule has 0 aliphatic carbocycles. The van der Waals surface area contributed by atoms with Gasteiger partial charge in [0.1, 0.15) is 11.5 Å². The van der Waals surface area contributed by atoms with Crippen LogP contribution in [0, 0.1) is 0 Å². The van der Waals surface area contributed by atoms with Gasteiger partial charge in [-0.05, 0) is 75.9 Å². The van der Waals surface area contributed by atoms with Crippen LogP contribution in [0.1, 0.15) is 97.3 Å². The van der Waals surface area contributed by atoms with Gasteiger partial charge in [0.05, 0.1) is 107 Å². The number of ether oxygens (including phenoxy) is 9. The number of nitrogens with one attached hydrogen (secondary N) is 6. The van der Waals surface area contributed by atoms with Crippen molar-refractivity contribution < 1.29 is 183 Å². The average Bonchev–Trinajstić information content (AvgIpc) is 1.77. The topological polar surface area (TPSA) is 639 Å². The molecule has 6 amide bonds. The number of alkyl halides is 1. The van der Waals surface area contributed by atoms with Crippen molar-refractivity contribution in [1.82, 2.24) is 31.9 Å². The number of benzene rings is 2. The monoisotopic (exact) mass is 1740 g/mol. The zero-order chi connectivity index (χ0) is 92.4. The van der Waals surface area contributed by atoms with E-state index in [0.29, 0.717) is 91.7 Å². The summed E-state index contributed by atoms with van der Waals surface area (Å²) in [5.74, 6) is -16.0. The van der Waals surface area contributed by atoms with Gasteiger partial charge in [-0.1, -0.05) is 50.2 Å². The van der Waals surface area contributed by atoms with E-state index in [1.807, 2.05) is 13.8 Å². The summed E-state index contributed by atoms with van der Waals surface area (Å²) in [4.78, 5) is 192. The lowest BCUT2D eigenvalue weighted by Crippen LogP contribution is -2.34. The van der Waals surface area contributed by atoms with Gasteiger partial charge in [0.2, 0.25) is 35.4 Å². The molecule has 0 atom stereocenters. The van der Waals surface area contributed by atoms with E-state index in [1.165, 1.54) is 12.1 Å². The summed E-state index contributed by atoms with van der Waals surface area (Å²) in [6.07, 6.45) is 4.61. The van der Waals surface area contributed by atoms with Crippen molar-refractivity contribution in [3.8, 4) is 11.5 Å². The lowest BCUT2D eigenvalue weighted by Gasteiger charge is -2.08. The average molecular weight is 1740 g/mol. The number of para-hydroxylation sites is 2. The number of carboxylic acids is 7. The molecule has 46 heteroatoms. The molecular formula is C75H107F5N8O33.